The summed E-state index contributed by atoms with van der Waals surface area (Å²) in [7, 11) is 1.85. The number of aromatic nitrogens is 1. The fourth-order valence-electron chi connectivity index (χ4n) is 3.74. The van der Waals surface area contributed by atoms with Crippen molar-refractivity contribution >= 4 is 11.8 Å². The van der Waals surface area contributed by atoms with Gasteiger partial charge in [0.15, 0.2) is 5.96 Å². The standard InChI is InChI=1S/C20H34N6O/c1-17(16-25-11-13-27-14-12-25)15-23-20(21-2)24-18-6-9-26(10-7-18)19-5-3-4-8-22-19/h3-5,8,17-18H,6-7,9-16H2,1-2H3,(H2,21,23,24). The third kappa shape index (κ3) is 6.36. The second-order valence-electron chi connectivity index (χ2n) is 7.56. The molecule has 0 aliphatic carbocycles. The summed E-state index contributed by atoms with van der Waals surface area (Å²) in [5, 5.41) is 7.10. The van der Waals surface area contributed by atoms with Crippen LogP contribution in [0, 0.1) is 5.92 Å². The number of rotatable bonds is 6. The molecule has 0 spiro atoms. The van der Waals surface area contributed by atoms with E-state index in [-0.39, 0.29) is 0 Å². The van der Waals surface area contributed by atoms with E-state index >= 15 is 0 Å². The van der Waals surface area contributed by atoms with Gasteiger partial charge in [-0.25, -0.2) is 4.98 Å². The van der Waals surface area contributed by atoms with Gasteiger partial charge >= 0.3 is 0 Å². The minimum atomic E-state index is 0.464. The van der Waals surface area contributed by atoms with Gasteiger partial charge in [-0.2, -0.15) is 0 Å². The number of morpholine rings is 1. The van der Waals surface area contributed by atoms with E-state index in [4.69, 9.17) is 4.74 Å². The zero-order chi connectivity index (χ0) is 18.9. The maximum absolute atomic E-state index is 5.42. The predicted octanol–water partition coefficient (Wildman–Crippen LogP) is 1.18. The lowest BCUT2D eigenvalue weighted by atomic mass is 10.1. The number of piperidine rings is 1. The third-order valence-electron chi connectivity index (χ3n) is 5.32. The van der Waals surface area contributed by atoms with Crippen molar-refractivity contribution in [1.29, 1.82) is 0 Å². The number of guanidine groups is 1. The number of ether oxygens (including phenoxy) is 1. The Kier molecular flexibility index (Phi) is 7.71. The molecule has 1 aromatic rings. The molecule has 2 fully saturated rings. The summed E-state index contributed by atoms with van der Waals surface area (Å²) in [6, 6.07) is 6.57. The molecule has 0 aromatic carbocycles. The molecule has 27 heavy (non-hydrogen) atoms. The van der Waals surface area contributed by atoms with Crippen molar-refractivity contribution < 1.29 is 4.74 Å². The average Bonchev–Trinajstić information content (AvgIpc) is 2.73. The molecule has 2 aliphatic heterocycles. The van der Waals surface area contributed by atoms with Gasteiger partial charge in [0.25, 0.3) is 0 Å². The smallest absolute Gasteiger partial charge is 0.191 e. The normalized spacial score (nSPS) is 21.1. The van der Waals surface area contributed by atoms with Crippen LogP contribution in [0.2, 0.25) is 0 Å². The van der Waals surface area contributed by atoms with E-state index in [1.807, 2.05) is 19.3 Å². The Labute approximate surface area is 163 Å². The van der Waals surface area contributed by atoms with Crippen molar-refractivity contribution in [3.63, 3.8) is 0 Å². The highest BCUT2D eigenvalue weighted by atomic mass is 16.5. The Balaban J connectivity index is 1.36. The molecule has 7 nitrogen and oxygen atoms in total. The number of anilines is 1. The van der Waals surface area contributed by atoms with Crippen LogP contribution in [-0.2, 0) is 4.74 Å². The molecule has 2 saturated heterocycles. The minimum absolute atomic E-state index is 0.464. The summed E-state index contributed by atoms with van der Waals surface area (Å²) < 4.78 is 5.42. The van der Waals surface area contributed by atoms with Crippen LogP contribution in [0.5, 0.6) is 0 Å². The minimum Gasteiger partial charge on any atom is -0.379 e. The zero-order valence-corrected chi connectivity index (χ0v) is 16.7. The van der Waals surface area contributed by atoms with Crippen molar-refractivity contribution in [3.8, 4) is 0 Å². The molecule has 0 bridgehead atoms. The maximum Gasteiger partial charge on any atom is 0.191 e. The Hall–Kier alpha value is -1.86. The van der Waals surface area contributed by atoms with Crippen LogP contribution in [0.1, 0.15) is 19.8 Å². The Bertz CT molecular complexity index is 567. The molecule has 150 valence electrons. The lowest BCUT2D eigenvalue weighted by Crippen LogP contribution is -2.50. The van der Waals surface area contributed by atoms with Gasteiger partial charge in [0, 0.05) is 58.6 Å². The molecule has 3 heterocycles. The summed E-state index contributed by atoms with van der Waals surface area (Å²) in [5.74, 6) is 2.57. The van der Waals surface area contributed by atoms with Gasteiger partial charge < -0.3 is 20.3 Å². The SMILES string of the molecule is CN=C(NCC(C)CN1CCOCC1)NC1CCN(c2ccccn2)CC1. The Morgan fingerprint density at radius 1 is 1.26 bits per heavy atom. The third-order valence-corrected chi connectivity index (χ3v) is 5.32. The lowest BCUT2D eigenvalue weighted by Gasteiger charge is -2.34. The lowest BCUT2D eigenvalue weighted by molar-refractivity contribution is 0.0320. The van der Waals surface area contributed by atoms with E-state index in [0.717, 1.165) is 77.1 Å². The van der Waals surface area contributed by atoms with Gasteiger partial charge in [-0.1, -0.05) is 13.0 Å². The second-order valence-corrected chi connectivity index (χ2v) is 7.56. The highest BCUT2D eigenvalue weighted by Gasteiger charge is 2.21. The molecule has 2 N–H and O–H groups in total. The van der Waals surface area contributed by atoms with Gasteiger partial charge in [0.1, 0.15) is 5.82 Å². The molecular formula is C20H34N6O. The van der Waals surface area contributed by atoms with Crippen LogP contribution >= 0.6 is 0 Å². The summed E-state index contributed by atoms with van der Waals surface area (Å²) in [4.78, 5) is 13.7. The van der Waals surface area contributed by atoms with Crippen LogP contribution in [0.25, 0.3) is 0 Å². The number of nitrogens with zero attached hydrogens (tertiary/aromatic N) is 4. The highest BCUT2D eigenvalue weighted by Crippen LogP contribution is 2.17. The number of hydrogen-bond acceptors (Lipinski definition) is 5. The topological polar surface area (TPSA) is 65.0 Å². The van der Waals surface area contributed by atoms with Crippen molar-refractivity contribution in [2.45, 2.75) is 25.8 Å². The molecule has 3 rings (SSSR count). The summed E-state index contributed by atoms with van der Waals surface area (Å²) in [5.41, 5.74) is 0. The zero-order valence-electron chi connectivity index (χ0n) is 16.7. The number of hydrogen-bond donors (Lipinski definition) is 2. The molecule has 0 amide bonds. The van der Waals surface area contributed by atoms with Crippen molar-refractivity contribution in [3.05, 3.63) is 24.4 Å². The van der Waals surface area contributed by atoms with Crippen molar-refractivity contribution in [2.75, 3.05) is 64.4 Å². The first-order valence-corrected chi connectivity index (χ1v) is 10.2. The Morgan fingerprint density at radius 2 is 2.04 bits per heavy atom. The molecule has 1 aromatic heterocycles. The second kappa shape index (κ2) is 10.5. The number of aliphatic imine (C=N–C) groups is 1. The molecule has 7 heteroatoms. The summed E-state index contributed by atoms with van der Waals surface area (Å²) in [6.07, 6.45) is 4.06. The van der Waals surface area contributed by atoms with Gasteiger partial charge in [-0.15, -0.1) is 0 Å². The first-order chi connectivity index (χ1) is 13.2. The van der Waals surface area contributed by atoms with Gasteiger partial charge in [0.05, 0.1) is 13.2 Å². The van der Waals surface area contributed by atoms with Crippen LogP contribution in [0.4, 0.5) is 5.82 Å². The highest BCUT2D eigenvalue weighted by molar-refractivity contribution is 5.80. The largest absolute Gasteiger partial charge is 0.379 e. The van der Waals surface area contributed by atoms with E-state index in [1.54, 1.807) is 0 Å². The fraction of sp³-hybridized carbons (Fsp3) is 0.700. The van der Waals surface area contributed by atoms with E-state index in [0.29, 0.717) is 12.0 Å². The number of nitrogens with one attached hydrogen (secondary N) is 2. The van der Waals surface area contributed by atoms with Gasteiger partial charge in [-0.3, -0.25) is 9.89 Å². The maximum atomic E-state index is 5.42. The van der Waals surface area contributed by atoms with Crippen LogP contribution < -0.4 is 15.5 Å². The molecule has 2 aliphatic rings. The first kappa shape index (κ1) is 19.9. The van der Waals surface area contributed by atoms with Crippen molar-refractivity contribution in [2.24, 2.45) is 10.9 Å². The molecular weight excluding hydrogens is 340 g/mol. The molecule has 1 unspecified atom stereocenters. The Morgan fingerprint density at radius 3 is 2.70 bits per heavy atom. The first-order valence-electron chi connectivity index (χ1n) is 10.2. The monoisotopic (exact) mass is 374 g/mol. The van der Waals surface area contributed by atoms with Crippen LogP contribution in [-0.4, -0.2) is 81.4 Å². The number of pyridine rings is 1. The predicted molar refractivity (Wildman–Crippen MR) is 110 cm³/mol. The van der Waals surface area contributed by atoms with E-state index in [1.165, 1.54) is 0 Å². The van der Waals surface area contributed by atoms with E-state index < -0.39 is 0 Å². The van der Waals surface area contributed by atoms with E-state index in [2.05, 4.69) is 49.5 Å². The van der Waals surface area contributed by atoms with Crippen molar-refractivity contribution in [1.82, 2.24) is 20.5 Å². The quantitative estimate of drug-likeness (QED) is 0.576. The van der Waals surface area contributed by atoms with Crippen LogP contribution in [0.15, 0.2) is 29.4 Å². The molecule has 0 radical (unpaired) electrons. The van der Waals surface area contributed by atoms with Gasteiger partial charge in [-0.05, 0) is 30.9 Å². The van der Waals surface area contributed by atoms with Crippen LogP contribution in [0.3, 0.4) is 0 Å². The molecule has 0 saturated carbocycles. The summed E-state index contributed by atoms with van der Waals surface area (Å²) in [6.45, 7) is 10.2. The van der Waals surface area contributed by atoms with E-state index in [9.17, 15) is 0 Å². The van der Waals surface area contributed by atoms with Gasteiger partial charge in [0.2, 0.25) is 0 Å². The fourth-order valence-corrected chi connectivity index (χ4v) is 3.74. The average molecular weight is 375 g/mol. The molecule has 1 atom stereocenters. The summed E-state index contributed by atoms with van der Waals surface area (Å²) >= 11 is 0.